The SMILES string of the molecule is CCCCC(=O)COCC1C=CC=C1. The van der Waals surface area contributed by atoms with Crippen LogP contribution in [0.2, 0.25) is 0 Å². The molecule has 0 heterocycles. The van der Waals surface area contributed by atoms with Gasteiger partial charge >= 0.3 is 0 Å². The smallest absolute Gasteiger partial charge is 0.158 e. The molecule has 2 nitrogen and oxygen atoms in total. The van der Waals surface area contributed by atoms with Gasteiger partial charge in [-0.3, -0.25) is 4.79 Å². The molecule has 0 aromatic heterocycles. The molecular formula is C12H18O2. The average molecular weight is 194 g/mol. The van der Waals surface area contributed by atoms with Crippen LogP contribution >= 0.6 is 0 Å². The molecule has 0 aromatic rings. The number of allylic oxidation sites excluding steroid dienone is 2. The number of Topliss-reactive ketones (excluding diaryl/α,β-unsaturated/α-hetero) is 1. The number of unbranched alkanes of at least 4 members (excludes halogenated alkanes) is 1. The molecule has 14 heavy (non-hydrogen) atoms. The summed E-state index contributed by atoms with van der Waals surface area (Å²) in [6.07, 6.45) is 10.9. The Hall–Kier alpha value is -0.890. The van der Waals surface area contributed by atoms with Gasteiger partial charge in [0, 0.05) is 12.3 Å². The van der Waals surface area contributed by atoms with E-state index in [1.54, 1.807) is 0 Å². The minimum atomic E-state index is 0.220. The zero-order valence-corrected chi connectivity index (χ0v) is 8.74. The first-order valence-corrected chi connectivity index (χ1v) is 5.27. The van der Waals surface area contributed by atoms with Gasteiger partial charge in [-0.1, -0.05) is 37.6 Å². The van der Waals surface area contributed by atoms with E-state index >= 15 is 0 Å². The van der Waals surface area contributed by atoms with E-state index in [4.69, 9.17) is 4.74 Å². The van der Waals surface area contributed by atoms with Gasteiger partial charge in [-0.15, -0.1) is 0 Å². The van der Waals surface area contributed by atoms with Crippen molar-refractivity contribution in [3.05, 3.63) is 24.3 Å². The van der Waals surface area contributed by atoms with Crippen molar-refractivity contribution >= 4 is 5.78 Å². The Morgan fingerprint density at radius 2 is 2.07 bits per heavy atom. The second kappa shape index (κ2) is 6.55. The summed E-state index contributed by atoms with van der Waals surface area (Å²) in [7, 11) is 0. The fourth-order valence-electron chi connectivity index (χ4n) is 1.34. The third-order valence-corrected chi connectivity index (χ3v) is 2.21. The number of hydrogen-bond acceptors (Lipinski definition) is 2. The molecule has 1 rings (SSSR count). The standard InChI is InChI=1S/C12H18O2/c1-2-3-8-12(13)10-14-9-11-6-4-5-7-11/h4-7,11H,2-3,8-10H2,1H3. The highest BCUT2D eigenvalue weighted by atomic mass is 16.5. The van der Waals surface area contributed by atoms with Crippen LogP contribution in [-0.4, -0.2) is 19.0 Å². The summed E-state index contributed by atoms with van der Waals surface area (Å²) in [6.45, 7) is 2.99. The Balaban J connectivity index is 2.00. The molecule has 0 amide bonds. The van der Waals surface area contributed by atoms with Gasteiger partial charge in [0.15, 0.2) is 5.78 Å². The highest BCUT2D eigenvalue weighted by Crippen LogP contribution is 2.08. The number of hydrogen-bond donors (Lipinski definition) is 0. The van der Waals surface area contributed by atoms with E-state index in [9.17, 15) is 4.79 Å². The largest absolute Gasteiger partial charge is 0.373 e. The van der Waals surface area contributed by atoms with Gasteiger partial charge in [-0.2, -0.15) is 0 Å². The van der Waals surface area contributed by atoms with Gasteiger partial charge in [0.25, 0.3) is 0 Å². The Morgan fingerprint density at radius 3 is 2.71 bits per heavy atom. The van der Waals surface area contributed by atoms with Gasteiger partial charge in [-0.05, 0) is 6.42 Å². The molecule has 0 N–H and O–H groups in total. The highest BCUT2D eigenvalue weighted by molar-refractivity contribution is 5.79. The molecule has 1 aliphatic carbocycles. The van der Waals surface area contributed by atoms with E-state index in [2.05, 4.69) is 19.1 Å². The van der Waals surface area contributed by atoms with Gasteiger partial charge in [0.2, 0.25) is 0 Å². The second-order valence-corrected chi connectivity index (χ2v) is 3.59. The van der Waals surface area contributed by atoms with Crippen LogP contribution in [0.4, 0.5) is 0 Å². The molecule has 0 spiro atoms. The fourth-order valence-corrected chi connectivity index (χ4v) is 1.34. The first kappa shape index (κ1) is 11.2. The molecular weight excluding hydrogens is 176 g/mol. The lowest BCUT2D eigenvalue weighted by atomic mass is 10.2. The molecule has 0 saturated carbocycles. The van der Waals surface area contributed by atoms with E-state index < -0.39 is 0 Å². The molecule has 78 valence electrons. The van der Waals surface area contributed by atoms with Crippen molar-refractivity contribution in [2.75, 3.05) is 13.2 Å². The number of ether oxygens (including phenoxy) is 1. The van der Waals surface area contributed by atoms with Crippen LogP contribution < -0.4 is 0 Å². The summed E-state index contributed by atoms with van der Waals surface area (Å²) >= 11 is 0. The summed E-state index contributed by atoms with van der Waals surface area (Å²) in [5, 5.41) is 0. The summed E-state index contributed by atoms with van der Waals surface area (Å²) < 4.78 is 5.32. The lowest BCUT2D eigenvalue weighted by Gasteiger charge is -2.06. The zero-order chi connectivity index (χ0) is 10.2. The van der Waals surface area contributed by atoms with Gasteiger partial charge in [-0.25, -0.2) is 0 Å². The van der Waals surface area contributed by atoms with Crippen LogP contribution in [0.3, 0.4) is 0 Å². The third kappa shape index (κ3) is 4.38. The Kier molecular flexibility index (Phi) is 5.23. The maximum atomic E-state index is 11.2. The highest BCUT2D eigenvalue weighted by Gasteiger charge is 2.05. The monoisotopic (exact) mass is 194 g/mol. The van der Waals surface area contributed by atoms with Crippen LogP contribution in [0.15, 0.2) is 24.3 Å². The summed E-state index contributed by atoms with van der Waals surface area (Å²) in [5.41, 5.74) is 0. The Labute approximate surface area is 85.6 Å². The van der Waals surface area contributed by atoms with Crippen molar-refractivity contribution in [3.8, 4) is 0 Å². The molecule has 0 aromatic carbocycles. The minimum absolute atomic E-state index is 0.220. The third-order valence-electron chi connectivity index (χ3n) is 2.21. The molecule has 0 saturated heterocycles. The van der Waals surface area contributed by atoms with Crippen LogP contribution in [0.25, 0.3) is 0 Å². The lowest BCUT2D eigenvalue weighted by molar-refractivity contribution is -0.123. The number of carbonyl (C=O) groups excluding carboxylic acids is 1. The predicted molar refractivity (Wildman–Crippen MR) is 57.1 cm³/mol. The summed E-state index contributed by atoms with van der Waals surface area (Å²) in [4.78, 5) is 11.2. The molecule has 0 aliphatic heterocycles. The van der Waals surface area contributed by atoms with Crippen molar-refractivity contribution in [2.24, 2.45) is 5.92 Å². The van der Waals surface area contributed by atoms with Crippen molar-refractivity contribution in [3.63, 3.8) is 0 Å². The van der Waals surface area contributed by atoms with Crippen molar-refractivity contribution < 1.29 is 9.53 Å². The maximum absolute atomic E-state index is 11.2. The Morgan fingerprint density at radius 1 is 1.36 bits per heavy atom. The van der Waals surface area contributed by atoms with Gasteiger partial charge < -0.3 is 4.74 Å². The van der Waals surface area contributed by atoms with E-state index in [0.717, 1.165) is 12.8 Å². The first-order valence-electron chi connectivity index (χ1n) is 5.27. The van der Waals surface area contributed by atoms with E-state index in [1.165, 1.54) is 0 Å². The maximum Gasteiger partial charge on any atom is 0.158 e. The molecule has 1 aliphatic rings. The Bertz CT molecular complexity index is 216. The predicted octanol–water partition coefficient (Wildman–Crippen LogP) is 2.50. The first-order chi connectivity index (χ1) is 6.83. The normalized spacial score (nSPS) is 15.2. The molecule has 0 bridgehead atoms. The number of carbonyl (C=O) groups is 1. The van der Waals surface area contributed by atoms with Crippen molar-refractivity contribution in [2.45, 2.75) is 26.2 Å². The molecule has 0 radical (unpaired) electrons. The molecule has 0 atom stereocenters. The molecule has 0 fully saturated rings. The van der Waals surface area contributed by atoms with Crippen LogP contribution in [0, 0.1) is 5.92 Å². The van der Waals surface area contributed by atoms with Gasteiger partial charge in [0.05, 0.1) is 6.61 Å². The van der Waals surface area contributed by atoms with Crippen LogP contribution in [0.1, 0.15) is 26.2 Å². The molecule has 0 unspecified atom stereocenters. The summed E-state index contributed by atoms with van der Waals surface area (Å²) in [5.74, 6) is 0.590. The van der Waals surface area contributed by atoms with Crippen molar-refractivity contribution in [1.82, 2.24) is 0 Å². The summed E-state index contributed by atoms with van der Waals surface area (Å²) in [6, 6.07) is 0. The van der Waals surface area contributed by atoms with Crippen LogP contribution in [0.5, 0.6) is 0 Å². The van der Waals surface area contributed by atoms with Crippen LogP contribution in [-0.2, 0) is 9.53 Å². The average Bonchev–Trinajstić information content (AvgIpc) is 2.67. The number of rotatable bonds is 7. The van der Waals surface area contributed by atoms with E-state index in [-0.39, 0.29) is 12.4 Å². The topological polar surface area (TPSA) is 26.3 Å². The second-order valence-electron chi connectivity index (χ2n) is 3.59. The molecule has 2 heteroatoms. The quantitative estimate of drug-likeness (QED) is 0.622. The van der Waals surface area contributed by atoms with Gasteiger partial charge in [0.1, 0.15) is 6.61 Å². The van der Waals surface area contributed by atoms with Crippen molar-refractivity contribution in [1.29, 1.82) is 0 Å². The zero-order valence-electron chi connectivity index (χ0n) is 8.74. The van der Waals surface area contributed by atoms with E-state index in [1.807, 2.05) is 12.2 Å². The number of ketones is 1. The lowest BCUT2D eigenvalue weighted by Crippen LogP contribution is -2.12. The van der Waals surface area contributed by atoms with E-state index in [0.29, 0.717) is 18.9 Å². The fraction of sp³-hybridized carbons (Fsp3) is 0.583. The minimum Gasteiger partial charge on any atom is -0.373 e.